The maximum Gasteiger partial charge on any atom is 0.358 e. The molecule has 1 aromatic heterocycles. The molecule has 0 amide bonds. The number of rotatable bonds is 4. The van der Waals surface area contributed by atoms with Crippen molar-refractivity contribution in [2.75, 3.05) is 4.72 Å². The van der Waals surface area contributed by atoms with Crippen LogP contribution < -0.4 is 4.72 Å². The van der Waals surface area contributed by atoms with E-state index in [0.717, 1.165) is 18.5 Å². The average Bonchev–Trinajstić information content (AvgIpc) is 2.41. The minimum atomic E-state index is -4.40. The minimum absolute atomic E-state index is 0.379. The Morgan fingerprint density at radius 3 is 2.62 bits per heavy atom. The average molecular weight is 332 g/mol. The molecule has 2 aromatic rings. The smallest absolute Gasteiger partial charge is 0.358 e. The van der Waals surface area contributed by atoms with E-state index in [9.17, 15) is 17.6 Å². The maximum absolute atomic E-state index is 13.8. The Morgan fingerprint density at radius 1 is 1.29 bits per heavy atom. The summed E-state index contributed by atoms with van der Waals surface area (Å²) in [4.78, 5) is 17.3. The topological polar surface area (TPSA) is 109 Å². The Morgan fingerprint density at radius 2 is 1.95 bits per heavy atom. The fraction of sp³-hybridized carbons (Fsp3) is 0. The zero-order valence-corrected chi connectivity index (χ0v) is 11.7. The van der Waals surface area contributed by atoms with E-state index in [1.54, 1.807) is 0 Å². The van der Waals surface area contributed by atoms with Gasteiger partial charge in [-0.2, -0.15) is 0 Å². The number of hydrogen-bond donors (Lipinski definition) is 2. The fourth-order valence-corrected chi connectivity index (χ4v) is 2.79. The van der Waals surface area contributed by atoms with Crippen LogP contribution in [-0.2, 0) is 10.0 Å². The highest BCUT2D eigenvalue weighted by Crippen LogP contribution is 2.24. The van der Waals surface area contributed by atoms with E-state index in [0.29, 0.717) is 0 Å². The van der Waals surface area contributed by atoms with Crippen molar-refractivity contribution < 1.29 is 22.7 Å². The largest absolute Gasteiger partial charge is 0.476 e. The molecule has 0 aliphatic carbocycles. The minimum Gasteiger partial charge on any atom is -0.476 e. The Bertz CT molecular complexity index is 813. The van der Waals surface area contributed by atoms with Gasteiger partial charge in [0.25, 0.3) is 10.0 Å². The zero-order chi connectivity index (χ0) is 15.6. The molecule has 21 heavy (non-hydrogen) atoms. The highest BCUT2D eigenvalue weighted by atomic mass is 35.5. The number of carboxylic acid groups (broad SMARTS) is 1. The van der Waals surface area contributed by atoms with Crippen LogP contribution >= 0.6 is 11.6 Å². The first-order valence-corrected chi connectivity index (χ1v) is 7.20. The van der Waals surface area contributed by atoms with E-state index >= 15 is 0 Å². The second kappa shape index (κ2) is 5.62. The van der Waals surface area contributed by atoms with Crippen LogP contribution in [0.1, 0.15) is 10.5 Å². The van der Waals surface area contributed by atoms with Gasteiger partial charge in [-0.05, 0) is 12.1 Å². The molecule has 110 valence electrons. The van der Waals surface area contributed by atoms with Crippen molar-refractivity contribution in [3.05, 3.63) is 47.1 Å². The molecular formula is C11H7ClFN3O4S. The molecule has 0 radical (unpaired) electrons. The van der Waals surface area contributed by atoms with Crippen LogP contribution in [0.2, 0.25) is 5.02 Å². The van der Waals surface area contributed by atoms with Gasteiger partial charge in [0.15, 0.2) is 17.3 Å². The number of halogens is 2. The summed E-state index contributed by atoms with van der Waals surface area (Å²) in [6.07, 6.45) is 2.18. The second-order valence-electron chi connectivity index (χ2n) is 3.72. The van der Waals surface area contributed by atoms with Crippen molar-refractivity contribution in [1.29, 1.82) is 0 Å². The van der Waals surface area contributed by atoms with Gasteiger partial charge in [0.2, 0.25) is 0 Å². The summed E-state index contributed by atoms with van der Waals surface area (Å²) in [5, 5.41) is 8.52. The van der Waals surface area contributed by atoms with Crippen LogP contribution in [0.25, 0.3) is 0 Å². The molecule has 0 saturated carbocycles. The van der Waals surface area contributed by atoms with Crippen molar-refractivity contribution in [2.24, 2.45) is 0 Å². The van der Waals surface area contributed by atoms with Crippen LogP contribution in [-0.4, -0.2) is 29.5 Å². The highest BCUT2D eigenvalue weighted by molar-refractivity contribution is 7.92. The van der Waals surface area contributed by atoms with E-state index in [-0.39, 0.29) is 5.02 Å². The van der Waals surface area contributed by atoms with Crippen molar-refractivity contribution >= 4 is 33.4 Å². The molecule has 1 aromatic carbocycles. The molecule has 0 aliphatic heterocycles. The van der Waals surface area contributed by atoms with Crippen molar-refractivity contribution in [1.82, 2.24) is 9.97 Å². The number of hydrogen-bond acceptors (Lipinski definition) is 5. The number of anilines is 1. The number of benzene rings is 1. The molecule has 2 rings (SSSR count). The number of nitrogens with one attached hydrogen (secondary N) is 1. The van der Waals surface area contributed by atoms with E-state index in [4.69, 9.17) is 16.7 Å². The van der Waals surface area contributed by atoms with Gasteiger partial charge < -0.3 is 5.11 Å². The molecule has 0 atom stereocenters. The molecule has 0 aliphatic rings. The van der Waals surface area contributed by atoms with Gasteiger partial charge >= 0.3 is 5.97 Å². The second-order valence-corrected chi connectivity index (χ2v) is 5.77. The van der Waals surface area contributed by atoms with Crippen molar-refractivity contribution in [2.45, 2.75) is 4.90 Å². The SMILES string of the molecule is O=C(O)c1nccnc1NS(=O)(=O)c1cccc(Cl)c1F. The van der Waals surface area contributed by atoms with Gasteiger partial charge in [-0.3, -0.25) is 4.72 Å². The quantitative estimate of drug-likeness (QED) is 0.883. The molecular weight excluding hydrogens is 325 g/mol. The van der Waals surface area contributed by atoms with Crippen LogP contribution in [0.3, 0.4) is 0 Å². The van der Waals surface area contributed by atoms with E-state index in [2.05, 4.69) is 9.97 Å². The lowest BCUT2D eigenvalue weighted by molar-refractivity contribution is 0.0691. The third kappa shape index (κ3) is 3.09. The number of nitrogens with zero attached hydrogens (tertiary/aromatic N) is 2. The summed E-state index contributed by atoms with van der Waals surface area (Å²) >= 11 is 5.52. The third-order valence-electron chi connectivity index (χ3n) is 2.34. The van der Waals surface area contributed by atoms with Crippen LogP contribution in [0.4, 0.5) is 10.2 Å². The summed E-state index contributed by atoms with van der Waals surface area (Å²) in [6.45, 7) is 0. The monoisotopic (exact) mass is 331 g/mol. The lowest BCUT2D eigenvalue weighted by Crippen LogP contribution is -2.18. The lowest BCUT2D eigenvalue weighted by atomic mass is 10.3. The van der Waals surface area contributed by atoms with E-state index in [1.807, 2.05) is 4.72 Å². The Balaban J connectivity index is 2.48. The van der Waals surface area contributed by atoms with Gasteiger partial charge in [0.05, 0.1) is 5.02 Å². The van der Waals surface area contributed by atoms with Crippen LogP contribution in [0, 0.1) is 5.82 Å². The summed E-state index contributed by atoms with van der Waals surface area (Å²) in [5.74, 6) is -3.15. The molecule has 2 N–H and O–H groups in total. The van der Waals surface area contributed by atoms with Crippen LogP contribution in [0.5, 0.6) is 0 Å². The molecule has 0 unspecified atom stereocenters. The first kappa shape index (κ1) is 15.1. The lowest BCUT2D eigenvalue weighted by Gasteiger charge is -2.09. The van der Waals surface area contributed by atoms with Crippen molar-refractivity contribution in [3.63, 3.8) is 0 Å². The first-order valence-electron chi connectivity index (χ1n) is 5.34. The van der Waals surface area contributed by atoms with Gasteiger partial charge in [0, 0.05) is 12.4 Å². The Hall–Kier alpha value is -2.26. The van der Waals surface area contributed by atoms with Gasteiger partial charge in [-0.15, -0.1) is 0 Å². The molecule has 0 saturated heterocycles. The number of carbonyl (C=O) groups is 1. The van der Waals surface area contributed by atoms with E-state index in [1.165, 1.54) is 12.1 Å². The predicted molar refractivity (Wildman–Crippen MR) is 71.2 cm³/mol. The summed E-state index contributed by atoms with van der Waals surface area (Å²) < 4.78 is 39.8. The van der Waals surface area contributed by atoms with Crippen LogP contribution in [0.15, 0.2) is 35.5 Å². The molecule has 1 heterocycles. The summed E-state index contributed by atoms with van der Waals surface area (Å²) in [6, 6.07) is 3.41. The Labute approximate surface area is 123 Å². The number of aromatic nitrogens is 2. The Kier molecular flexibility index (Phi) is 4.05. The van der Waals surface area contributed by atoms with E-state index < -0.39 is 38.2 Å². The zero-order valence-electron chi connectivity index (χ0n) is 10.1. The molecule has 0 fully saturated rings. The molecule has 7 nitrogen and oxygen atoms in total. The van der Waals surface area contributed by atoms with Gasteiger partial charge in [0.1, 0.15) is 4.90 Å². The highest BCUT2D eigenvalue weighted by Gasteiger charge is 2.24. The van der Waals surface area contributed by atoms with Crippen molar-refractivity contribution in [3.8, 4) is 0 Å². The number of sulfonamides is 1. The molecule has 0 bridgehead atoms. The predicted octanol–water partition coefficient (Wildman–Crippen LogP) is 1.77. The molecule has 10 heteroatoms. The van der Waals surface area contributed by atoms with Gasteiger partial charge in [-0.25, -0.2) is 27.6 Å². The molecule has 0 spiro atoms. The summed E-state index contributed by atoms with van der Waals surface area (Å²) in [5.41, 5.74) is -0.608. The normalized spacial score (nSPS) is 11.1. The standard InChI is InChI=1S/C11H7ClFN3O4S/c12-6-2-1-3-7(8(6)13)21(19,20)16-10-9(11(17)18)14-4-5-15-10/h1-5H,(H,15,16)(H,17,18). The first-order chi connectivity index (χ1) is 9.83. The summed E-state index contributed by atoms with van der Waals surface area (Å²) in [7, 11) is -4.40. The van der Waals surface area contributed by atoms with Gasteiger partial charge in [-0.1, -0.05) is 17.7 Å². The number of carboxylic acids is 1. The fourth-order valence-electron chi connectivity index (χ4n) is 1.44. The maximum atomic E-state index is 13.8. The number of aromatic carboxylic acids is 1. The third-order valence-corrected chi connectivity index (χ3v) is 3.99.